The van der Waals surface area contributed by atoms with Crippen LogP contribution >= 0.6 is 0 Å². The second kappa shape index (κ2) is 9.10. The van der Waals surface area contributed by atoms with Crippen LogP contribution < -0.4 is 10.6 Å². The summed E-state index contributed by atoms with van der Waals surface area (Å²) in [6.45, 7) is 6.14. The van der Waals surface area contributed by atoms with Gasteiger partial charge in [0.25, 0.3) is 24.0 Å². The van der Waals surface area contributed by atoms with E-state index >= 15 is 0 Å². The Morgan fingerprint density at radius 1 is 1.18 bits per heavy atom. The molecule has 0 unspecified atom stereocenters. The zero-order valence-corrected chi connectivity index (χ0v) is 21.1. The highest BCUT2D eigenvalue weighted by Crippen LogP contribution is 2.53. The van der Waals surface area contributed by atoms with E-state index in [9.17, 15) is 27.6 Å². The van der Waals surface area contributed by atoms with E-state index in [4.69, 9.17) is 0 Å². The van der Waals surface area contributed by atoms with Crippen LogP contribution in [-0.4, -0.2) is 37.6 Å². The molecule has 5 rings (SSSR count). The Morgan fingerprint density at radius 3 is 2.55 bits per heavy atom. The molecule has 1 aliphatic carbocycles. The maximum Gasteiger partial charge on any atom is 0.294 e. The molecular formula is C26H27F3N6O3. The van der Waals surface area contributed by atoms with Crippen LogP contribution in [0.2, 0.25) is 0 Å². The first-order valence-electron chi connectivity index (χ1n) is 12.3. The molecule has 3 N–H and O–H groups in total. The lowest BCUT2D eigenvalue weighted by molar-refractivity contribution is -0.122. The summed E-state index contributed by atoms with van der Waals surface area (Å²) in [7, 11) is 0. The Hall–Kier alpha value is -3.96. The van der Waals surface area contributed by atoms with Crippen molar-refractivity contribution in [3.8, 4) is 0 Å². The fourth-order valence-electron chi connectivity index (χ4n) is 6.02. The van der Waals surface area contributed by atoms with Gasteiger partial charge < -0.3 is 15.2 Å². The predicted octanol–water partition coefficient (Wildman–Crippen LogP) is 4.20. The van der Waals surface area contributed by atoms with Crippen LogP contribution in [-0.2, 0) is 23.3 Å². The largest absolute Gasteiger partial charge is 0.341 e. The van der Waals surface area contributed by atoms with Gasteiger partial charge in [-0.3, -0.25) is 14.4 Å². The first kappa shape index (κ1) is 25.7. The fraction of sp³-hybridized carbons (Fsp3) is 0.423. The molecule has 0 spiro atoms. The Bertz CT molecular complexity index is 1440. The number of fused-ring (bicyclic) bond motifs is 1. The van der Waals surface area contributed by atoms with E-state index in [2.05, 4.69) is 39.9 Å². The number of anilines is 1. The molecule has 2 aromatic heterocycles. The van der Waals surface area contributed by atoms with Crippen LogP contribution in [0.4, 0.5) is 18.9 Å². The van der Waals surface area contributed by atoms with E-state index in [1.165, 1.54) is 12.3 Å². The number of benzene rings is 1. The van der Waals surface area contributed by atoms with Gasteiger partial charge >= 0.3 is 0 Å². The Labute approximate surface area is 216 Å². The first-order chi connectivity index (χ1) is 17.9. The number of carbonyl (C=O) groups excluding carboxylic acids is 3. The monoisotopic (exact) mass is 528 g/mol. The molecule has 9 nitrogen and oxygen atoms in total. The average molecular weight is 529 g/mol. The van der Waals surface area contributed by atoms with Crippen LogP contribution in [0.5, 0.6) is 0 Å². The van der Waals surface area contributed by atoms with Gasteiger partial charge in [-0.05, 0) is 61.8 Å². The summed E-state index contributed by atoms with van der Waals surface area (Å²) < 4.78 is 41.6. The Kier molecular flexibility index (Phi) is 6.15. The molecule has 3 heterocycles. The lowest BCUT2D eigenvalue weighted by atomic mass is 9.58. The van der Waals surface area contributed by atoms with Crippen LogP contribution in [0.1, 0.15) is 82.9 Å². The number of aromatic amines is 1. The highest BCUT2D eigenvalue weighted by Gasteiger charge is 2.53. The maximum absolute atomic E-state index is 13.7. The SMILES string of the molecule is Cc1c(C(=O)Nc2ccc(F)c(C(F)F)c2)c2n(c1C(=O)C(=O)NC1(c3cn[nH]n3)CC(C)(C)C1)CCC2. The Morgan fingerprint density at radius 2 is 1.92 bits per heavy atom. The first-order valence-corrected chi connectivity index (χ1v) is 12.3. The molecule has 1 aromatic carbocycles. The van der Waals surface area contributed by atoms with Crippen molar-refractivity contribution >= 4 is 23.3 Å². The van der Waals surface area contributed by atoms with Crippen LogP contribution in [0, 0.1) is 18.2 Å². The van der Waals surface area contributed by atoms with E-state index in [1.54, 1.807) is 11.5 Å². The lowest BCUT2D eigenvalue weighted by Gasteiger charge is -2.52. The molecule has 0 atom stereocenters. The number of ketones is 1. The van der Waals surface area contributed by atoms with Gasteiger partial charge in [0.1, 0.15) is 11.5 Å². The molecule has 200 valence electrons. The third-order valence-corrected chi connectivity index (χ3v) is 7.37. The number of halogens is 3. The highest BCUT2D eigenvalue weighted by atomic mass is 19.3. The van der Waals surface area contributed by atoms with Crippen molar-refractivity contribution in [1.82, 2.24) is 25.3 Å². The number of nitrogens with one attached hydrogen (secondary N) is 3. The van der Waals surface area contributed by atoms with Crippen molar-refractivity contribution in [3.05, 3.63) is 64.0 Å². The van der Waals surface area contributed by atoms with Crippen molar-refractivity contribution in [1.29, 1.82) is 0 Å². The fourth-order valence-corrected chi connectivity index (χ4v) is 6.02. The molecule has 2 aliphatic rings. The van der Waals surface area contributed by atoms with Gasteiger partial charge in [-0.1, -0.05) is 13.8 Å². The highest BCUT2D eigenvalue weighted by molar-refractivity contribution is 6.43. The summed E-state index contributed by atoms with van der Waals surface area (Å²) in [5.74, 6) is -3.29. The standard InChI is InChI=1S/C26H27F3N6O3/c1-13-19(23(37)31-14-6-7-16(27)15(9-14)22(28)29)17-5-4-8-35(17)20(13)21(36)24(38)32-26(11-25(2,3)12-26)18-10-30-34-33-18/h6-7,9-10,22H,4-5,8,11-12H2,1-3H3,(H,31,37)(H,32,38)(H,30,33,34). The minimum absolute atomic E-state index is 0.00295. The van der Waals surface area contributed by atoms with E-state index in [1.807, 2.05) is 0 Å². The molecule has 0 radical (unpaired) electrons. The van der Waals surface area contributed by atoms with Crippen molar-refractivity contribution in [2.24, 2.45) is 5.41 Å². The molecule has 0 bridgehead atoms. The number of alkyl halides is 2. The summed E-state index contributed by atoms with van der Waals surface area (Å²) in [5, 5.41) is 15.9. The van der Waals surface area contributed by atoms with Gasteiger partial charge in [-0.15, -0.1) is 0 Å². The van der Waals surface area contributed by atoms with Crippen molar-refractivity contribution in [2.75, 3.05) is 5.32 Å². The number of hydrogen-bond acceptors (Lipinski definition) is 5. The number of H-pyrrole nitrogens is 1. The molecule has 1 fully saturated rings. The van der Waals surface area contributed by atoms with E-state index in [0.29, 0.717) is 49.2 Å². The van der Waals surface area contributed by atoms with Gasteiger partial charge in [0, 0.05) is 17.9 Å². The molecular weight excluding hydrogens is 501 g/mol. The zero-order chi connectivity index (χ0) is 27.4. The van der Waals surface area contributed by atoms with Crippen LogP contribution in [0.15, 0.2) is 24.4 Å². The molecule has 0 saturated heterocycles. The van der Waals surface area contributed by atoms with Gasteiger partial charge in [0.15, 0.2) is 0 Å². The number of carbonyl (C=O) groups is 3. The molecule has 38 heavy (non-hydrogen) atoms. The predicted molar refractivity (Wildman–Crippen MR) is 130 cm³/mol. The quantitative estimate of drug-likeness (QED) is 0.313. The number of hydrogen-bond donors (Lipinski definition) is 3. The number of Topliss-reactive ketones (excluding diaryl/α,β-unsaturated/α-hetero) is 1. The summed E-state index contributed by atoms with van der Waals surface area (Å²) in [4.78, 5) is 40.0. The van der Waals surface area contributed by atoms with Crippen molar-refractivity contribution < 1.29 is 27.6 Å². The molecule has 12 heteroatoms. The smallest absolute Gasteiger partial charge is 0.294 e. The number of amides is 2. The van der Waals surface area contributed by atoms with Gasteiger partial charge in [-0.2, -0.15) is 15.4 Å². The average Bonchev–Trinajstić information content (AvgIpc) is 3.56. The number of rotatable bonds is 7. The van der Waals surface area contributed by atoms with Crippen molar-refractivity contribution in [2.45, 2.75) is 65.0 Å². The summed E-state index contributed by atoms with van der Waals surface area (Å²) in [6.07, 6.45) is 0.794. The van der Waals surface area contributed by atoms with Gasteiger partial charge in [0.05, 0.1) is 28.6 Å². The third kappa shape index (κ3) is 4.27. The van der Waals surface area contributed by atoms with Crippen LogP contribution in [0.25, 0.3) is 0 Å². The normalized spacial score (nSPS) is 17.1. The lowest BCUT2D eigenvalue weighted by Crippen LogP contribution is -2.59. The third-order valence-electron chi connectivity index (χ3n) is 7.37. The van der Waals surface area contributed by atoms with Gasteiger partial charge in [0.2, 0.25) is 0 Å². The van der Waals surface area contributed by atoms with Gasteiger partial charge in [-0.25, -0.2) is 13.2 Å². The maximum atomic E-state index is 13.7. The summed E-state index contributed by atoms with van der Waals surface area (Å²) in [5.41, 5.74) is 0.0455. The Balaban J connectivity index is 1.43. The number of nitrogens with zero attached hydrogens (tertiary/aromatic N) is 3. The summed E-state index contributed by atoms with van der Waals surface area (Å²) >= 11 is 0. The molecule has 2 amide bonds. The molecule has 1 aliphatic heterocycles. The second-order valence-electron chi connectivity index (χ2n) is 10.8. The minimum Gasteiger partial charge on any atom is -0.341 e. The summed E-state index contributed by atoms with van der Waals surface area (Å²) in [6, 6.07) is 2.93. The minimum atomic E-state index is -3.04. The second-order valence-corrected chi connectivity index (χ2v) is 10.8. The topological polar surface area (TPSA) is 122 Å². The molecule has 1 saturated carbocycles. The van der Waals surface area contributed by atoms with Crippen molar-refractivity contribution in [3.63, 3.8) is 0 Å². The van der Waals surface area contributed by atoms with E-state index in [-0.39, 0.29) is 22.4 Å². The number of aromatic nitrogens is 4. The van der Waals surface area contributed by atoms with Crippen LogP contribution in [0.3, 0.4) is 0 Å². The molecule has 3 aromatic rings. The van der Waals surface area contributed by atoms with E-state index < -0.39 is 40.9 Å². The zero-order valence-electron chi connectivity index (χ0n) is 21.1. The van der Waals surface area contributed by atoms with E-state index in [0.717, 1.165) is 12.1 Å².